The van der Waals surface area contributed by atoms with Gasteiger partial charge >= 0.3 is 0 Å². The number of ether oxygens (including phenoxy) is 1. The van der Waals surface area contributed by atoms with Crippen LogP contribution in [0.3, 0.4) is 0 Å². The number of amides is 1. The summed E-state index contributed by atoms with van der Waals surface area (Å²) in [7, 11) is -2.08. The van der Waals surface area contributed by atoms with Crippen LogP contribution in [0.4, 0.5) is 0 Å². The van der Waals surface area contributed by atoms with Gasteiger partial charge in [-0.25, -0.2) is 18.1 Å². The molecule has 156 valence electrons. The molecule has 0 aliphatic carbocycles. The summed E-state index contributed by atoms with van der Waals surface area (Å²) in [5.41, 5.74) is 1.35. The molecule has 3 aromatic rings. The van der Waals surface area contributed by atoms with E-state index in [4.69, 9.17) is 4.74 Å². The zero-order valence-corrected chi connectivity index (χ0v) is 17.2. The highest BCUT2D eigenvalue weighted by atomic mass is 32.2. The summed E-state index contributed by atoms with van der Waals surface area (Å²) < 4.78 is 33.8. The van der Waals surface area contributed by atoms with Crippen LogP contribution in [0.5, 0.6) is 5.75 Å². The summed E-state index contributed by atoms with van der Waals surface area (Å²) in [4.78, 5) is 18.6. The van der Waals surface area contributed by atoms with Gasteiger partial charge in [-0.2, -0.15) is 9.40 Å². The van der Waals surface area contributed by atoms with Crippen LogP contribution in [-0.4, -0.2) is 71.6 Å². The number of hydrogen-bond acceptors (Lipinski definition) is 6. The third-order valence-electron chi connectivity index (χ3n) is 5.02. The van der Waals surface area contributed by atoms with E-state index < -0.39 is 10.0 Å². The van der Waals surface area contributed by atoms with Crippen LogP contribution in [0.2, 0.25) is 0 Å². The molecule has 1 amide bonds. The first-order chi connectivity index (χ1) is 14.5. The van der Waals surface area contributed by atoms with Gasteiger partial charge in [0.1, 0.15) is 18.4 Å². The second-order valence-corrected chi connectivity index (χ2v) is 8.70. The summed E-state index contributed by atoms with van der Waals surface area (Å²) in [5, 5.41) is 4.06. The summed E-state index contributed by atoms with van der Waals surface area (Å²) in [6.45, 7) is 1.16. The lowest BCUT2D eigenvalue weighted by Gasteiger charge is -2.34. The van der Waals surface area contributed by atoms with Gasteiger partial charge in [-0.1, -0.05) is 0 Å². The third-order valence-corrected chi connectivity index (χ3v) is 6.93. The minimum absolute atomic E-state index is 0.123. The van der Waals surface area contributed by atoms with Crippen molar-refractivity contribution in [3.8, 4) is 11.4 Å². The van der Waals surface area contributed by atoms with Crippen LogP contribution in [0.25, 0.3) is 5.69 Å². The molecule has 2 aromatic carbocycles. The molecule has 1 aliphatic heterocycles. The lowest BCUT2D eigenvalue weighted by molar-refractivity contribution is 0.0698. The third kappa shape index (κ3) is 3.91. The molecule has 1 fully saturated rings. The van der Waals surface area contributed by atoms with Crippen LogP contribution in [0.1, 0.15) is 10.4 Å². The largest absolute Gasteiger partial charge is 0.497 e. The Labute approximate surface area is 174 Å². The first-order valence-electron chi connectivity index (χ1n) is 9.37. The number of nitrogens with zero attached hydrogens (tertiary/aromatic N) is 5. The molecule has 1 saturated heterocycles. The van der Waals surface area contributed by atoms with Gasteiger partial charge in [0.2, 0.25) is 10.0 Å². The summed E-state index contributed by atoms with van der Waals surface area (Å²) in [6.07, 6.45) is 3.03. The van der Waals surface area contributed by atoms with E-state index in [1.54, 1.807) is 52.3 Å². The summed E-state index contributed by atoms with van der Waals surface area (Å²) in [5.74, 6) is 0.473. The van der Waals surface area contributed by atoms with Crippen LogP contribution < -0.4 is 4.74 Å². The normalized spacial score (nSPS) is 15.2. The second-order valence-electron chi connectivity index (χ2n) is 6.76. The van der Waals surface area contributed by atoms with Crippen LogP contribution in [-0.2, 0) is 10.0 Å². The molecule has 30 heavy (non-hydrogen) atoms. The molecule has 1 aromatic heterocycles. The van der Waals surface area contributed by atoms with Gasteiger partial charge in [0, 0.05) is 31.7 Å². The maximum Gasteiger partial charge on any atom is 0.253 e. The average molecular weight is 427 g/mol. The maximum atomic E-state index is 12.9. The summed E-state index contributed by atoms with van der Waals surface area (Å²) in [6, 6.07) is 13.4. The average Bonchev–Trinajstić information content (AvgIpc) is 3.34. The molecule has 9 nitrogen and oxygen atoms in total. The SMILES string of the molecule is COc1ccc(S(=O)(=O)N2CCN(C(=O)c3ccc(-n4cncn4)cc3)CC2)cc1. The Hall–Kier alpha value is -3.24. The molecule has 10 heteroatoms. The molecule has 0 radical (unpaired) electrons. The van der Waals surface area contributed by atoms with Crippen LogP contribution >= 0.6 is 0 Å². The number of carbonyl (C=O) groups excluding carboxylic acids is 1. The monoisotopic (exact) mass is 427 g/mol. The zero-order valence-electron chi connectivity index (χ0n) is 16.4. The molecule has 0 spiro atoms. The Kier molecular flexibility index (Phi) is 5.51. The number of aromatic nitrogens is 3. The molecule has 4 rings (SSSR count). The Morgan fingerprint density at radius 3 is 2.20 bits per heavy atom. The van der Waals surface area contributed by atoms with E-state index in [9.17, 15) is 13.2 Å². The standard InChI is InChI=1S/C20H21N5O4S/c1-29-18-6-8-19(9-7-18)30(27,28)24-12-10-23(11-13-24)20(26)16-2-4-17(5-3-16)25-15-21-14-22-25/h2-9,14-15H,10-13H2,1H3. The number of methoxy groups -OCH3 is 1. The quantitative estimate of drug-likeness (QED) is 0.611. The van der Waals surface area contributed by atoms with E-state index in [-0.39, 0.29) is 23.9 Å². The number of rotatable bonds is 5. The van der Waals surface area contributed by atoms with Gasteiger partial charge in [-0.05, 0) is 48.5 Å². The molecule has 0 unspecified atom stereocenters. The summed E-state index contributed by atoms with van der Waals surface area (Å²) >= 11 is 0. The van der Waals surface area contributed by atoms with E-state index in [0.717, 1.165) is 5.69 Å². The highest BCUT2D eigenvalue weighted by Crippen LogP contribution is 2.21. The van der Waals surface area contributed by atoms with Gasteiger partial charge in [0.15, 0.2) is 0 Å². The fraction of sp³-hybridized carbons (Fsp3) is 0.250. The minimum Gasteiger partial charge on any atom is -0.497 e. The van der Waals surface area contributed by atoms with Gasteiger partial charge < -0.3 is 9.64 Å². The van der Waals surface area contributed by atoms with Gasteiger partial charge in [-0.3, -0.25) is 4.79 Å². The Balaban J connectivity index is 1.40. The van der Waals surface area contributed by atoms with Crippen molar-refractivity contribution in [1.82, 2.24) is 24.0 Å². The van der Waals surface area contributed by atoms with E-state index in [1.807, 2.05) is 0 Å². The number of benzene rings is 2. The van der Waals surface area contributed by atoms with E-state index >= 15 is 0 Å². The first kappa shape index (κ1) is 20.0. The van der Waals surface area contributed by atoms with Crippen molar-refractivity contribution in [1.29, 1.82) is 0 Å². The highest BCUT2D eigenvalue weighted by molar-refractivity contribution is 7.89. The minimum atomic E-state index is -3.61. The second kappa shape index (κ2) is 8.25. The van der Waals surface area contributed by atoms with Crippen molar-refractivity contribution < 1.29 is 17.9 Å². The molecule has 0 bridgehead atoms. The van der Waals surface area contributed by atoms with Crippen molar-refractivity contribution >= 4 is 15.9 Å². The Morgan fingerprint density at radius 2 is 1.63 bits per heavy atom. The topological polar surface area (TPSA) is 97.6 Å². The van der Waals surface area contributed by atoms with Crippen molar-refractivity contribution in [2.75, 3.05) is 33.3 Å². The number of sulfonamides is 1. The van der Waals surface area contributed by atoms with E-state index in [1.165, 1.54) is 29.9 Å². The van der Waals surface area contributed by atoms with E-state index in [0.29, 0.717) is 24.4 Å². The van der Waals surface area contributed by atoms with Gasteiger partial charge in [0.25, 0.3) is 5.91 Å². The molecule has 0 N–H and O–H groups in total. The Morgan fingerprint density at radius 1 is 0.967 bits per heavy atom. The lowest BCUT2D eigenvalue weighted by Crippen LogP contribution is -2.50. The fourth-order valence-electron chi connectivity index (χ4n) is 3.31. The number of piperazine rings is 1. The molecular weight excluding hydrogens is 406 g/mol. The molecule has 2 heterocycles. The highest BCUT2D eigenvalue weighted by Gasteiger charge is 2.30. The van der Waals surface area contributed by atoms with Crippen molar-refractivity contribution in [2.45, 2.75) is 4.90 Å². The number of hydrogen-bond donors (Lipinski definition) is 0. The van der Waals surface area contributed by atoms with Crippen LogP contribution in [0, 0.1) is 0 Å². The fourth-order valence-corrected chi connectivity index (χ4v) is 4.73. The van der Waals surface area contributed by atoms with Gasteiger partial charge in [-0.15, -0.1) is 0 Å². The van der Waals surface area contributed by atoms with E-state index in [2.05, 4.69) is 10.1 Å². The number of carbonyl (C=O) groups is 1. The molecular formula is C20H21N5O4S. The smallest absolute Gasteiger partial charge is 0.253 e. The van der Waals surface area contributed by atoms with Crippen molar-refractivity contribution in [3.05, 3.63) is 66.7 Å². The zero-order chi connectivity index (χ0) is 21.1. The van der Waals surface area contributed by atoms with Crippen LogP contribution in [0.15, 0.2) is 66.1 Å². The molecule has 0 saturated carbocycles. The Bertz CT molecular complexity index is 1110. The van der Waals surface area contributed by atoms with Gasteiger partial charge in [0.05, 0.1) is 17.7 Å². The predicted molar refractivity (Wildman–Crippen MR) is 109 cm³/mol. The van der Waals surface area contributed by atoms with Crippen molar-refractivity contribution in [2.24, 2.45) is 0 Å². The molecule has 0 atom stereocenters. The predicted octanol–water partition coefficient (Wildman–Crippen LogP) is 1.42. The lowest BCUT2D eigenvalue weighted by atomic mass is 10.1. The first-order valence-corrected chi connectivity index (χ1v) is 10.8. The van der Waals surface area contributed by atoms with Crippen molar-refractivity contribution in [3.63, 3.8) is 0 Å². The molecule has 1 aliphatic rings. The maximum absolute atomic E-state index is 12.9.